The fraction of sp³-hybridized carbons (Fsp3) is 0.529. The van der Waals surface area contributed by atoms with Crippen LogP contribution in [0.3, 0.4) is 0 Å². The van der Waals surface area contributed by atoms with Crippen LogP contribution >= 0.6 is 0 Å². The zero-order valence-corrected chi connectivity index (χ0v) is 12.6. The number of carbonyl (C=O) groups excluding carboxylic acids is 1. The lowest BCUT2D eigenvalue weighted by Crippen LogP contribution is -2.38. The van der Waals surface area contributed by atoms with Crippen molar-refractivity contribution >= 4 is 11.6 Å². The normalized spacial score (nSPS) is 19.0. The van der Waals surface area contributed by atoms with E-state index in [-0.39, 0.29) is 5.91 Å². The van der Waals surface area contributed by atoms with Gasteiger partial charge in [0, 0.05) is 18.2 Å². The monoisotopic (exact) mass is 285 g/mol. The third kappa shape index (κ3) is 4.87. The summed E-state index contributed by atoms with van der Waals surface area (Å²) in [5.41, 5.74) is 1.36. The molecule has 1 atom stereocenters. The van der Waals surface area contributed by atoms with Crippen molar-refractivity contribution in [2.45, 2.75) is 45.1 Å². The fourth-order valence-electron chi connectivity index (χ4n) is 2.78. The standard InChI is InChI=1S/C17H23N3O/c1-14-5-2-3-11-20(14)12-4-6-17(21)19-16-9-7-15(13-18)8-10-16/h7-10,14H,2-6,11-12H2,1H3,(H,19,21). The highest BCUT2D eigenvalue weighted by molar-refractivity contribution is 5.90. The van der Waals surface area contributed by atoms with Crippen molar-refractivity contribution < 1.29 is 4.79 Å². The van der Waals surface area contributed by atoms with Crippen LogP contribution in [-0.2, 0) is 4.79 Å². The molecule has 1 aliphatic heterocycles. The Balaban J connectivity index is 1.70. The number of carbonyl (C=O) groups is 1. The van der Waals surface area contributed by atoms with Crippen LogP contribution < -0.4 is 5.32 Å². The smallest absolute Gasteiger partial charge is 0.224 e. The highest BCUT2D eigenvalue weighted by Crippen LogP contribution is 2.17. The molecule has 4 nitrogen and oxygen atoms in total. The van der Waals surface area contributed by atoms with Crippen molar-refractivity contribution in [3.63, 3.8) is 0 Å². The first-order valence-electron chi connectivity index (χ1n) is 7.73. The van der Waals surface area contributed by atoms with E-state index in [1.165, 1.54) is 25.8 Å². The van der Waals surface area contributed by atoms with Crippen LogP contribution in [0.2, 0.25) is 0 Å². The van der Waals surface area contributed by atoms with Crippen LogP contribution in [0.15, 0.2) is 24.3 Å². The lowest BCUT2D eigenvalue weighted by Gasteiger charge is -2.33. The summed E-state index contributed by atoms with van der Waals surface area (Å²) in [5, 5.41) is 11.6. The fourth-order valence-corrected chi connectivity index (χ4v) is 2.78. The summed E-state index contributed by atoms with van der Waals surface area (Å²) in [6.07, 6.45) is 5.33. The van der Waals surface area contributed by atoms with Crippen molar-refractivity contribution in [2.75, 3.05) is 18.4 Å². The van der Waals surface area contributed by atoms with E-state index in [2.05, 4.69) is 23.2 Å². The molecule has 1 N–H and O–H groups in total. The van der Waals surface area contributed by atoms with Gasteiger partial charge in [-0.05, 0) is 63.5 Å². The second kappa shape index (κ2) is 7.80. The molecule has 21 heavy (non-hydrogen) atoms. The van der Waals surface area contributed by atoms with Crippen LogP contribution in [0.5, 0.6) is 0 Å². The number of anilines is 1. The topological polar surface area (TPSA) is 56.1 Å². The number of nitrogens with zero attached hydrogens (tertiary/aromatic N) is 2. The van der Waals surface area contributed by atoms with Gasteiger partial charge in [0.15, 0.2) is 0 Å². The first kappa shape index (κ1) is 15.5. The van der Waals surface area contributed by atoms with Crippen LogP contribution in [0, 0.1) is 11.3 Å². The van der Waals surface area contributed by atoms with E-state index in [9.17, 15) is 4.79 Å². The Morgan fingerprint density at radius 3 is 2.81 bits per heavy atom. The summed E-state index contributed by atoms with van der Waals surface area (Å²) in [4.78, 5) is 14.4. The van der Waals surface area contributed by atoms with Gasteiger partial charge in [-0.2, -0.15) is 5.26 Å². The number of benzene rings is 1. The summed E-state index contributed by atoms with van der Waals surface area (Å²) < 4.78 is 0. The number of piperidine rings is 1. The Labute approximate surface area is 126 Å². The molecule has 4 heteroatoms. The van der Waals surface area contributed by atoms with Gasteiger partial charge in [0.25, 0.3) is 0 Å². The SMILES string of the molecule is CC1CCCCN1CCCC(=O)Nc1ccc(C#N)cc1. The molecule has 1 aromatic rings. The first-order valence-corrected chi connectivity index (χ1v) is 7.73. The molecule has 0 aromatic heterocycles. The highest BCUT2D eigenvalue weighted by atomic mass is 16.1. The first-order chi connectivity index (χ1) is 10.2. The van der Waals surface area contributed by atoms with Gasteiger partial charge in [-0.1, -0.05) is 6.42 Å². The van der Waals surface area contributed by atoms with E-state index in [0.29, 0.717) is 18.0 Å². The van der Waals surface area contributed by atoms with Gasteiger partial charge in [-0.3, -0.25) is 4.79 Å². The van der Waals surface area contributed by atoms with Gasteiger partial charge in [0.2, 0.25) is 5.91 Å². The van der Waals surface area contributed by atoms with E-state index < -0.39 is 0 Å². The Hall–Kier alpha value is -1.86. The molecule has 0 radical (unpaired) electrons. The van der Waals surface area contributed by atoms with E-state index in [4.69, 9.17) is 5.26 Å². The molecule has 112 valence electrons. The number of nitriles is 1. The summed E-state index contributed by atoms with van der Waals surface area (Å²) in [6.45, 7) is 4.44. The Morgan fingerprint density at radius 2 is 2.14 bits per heavy atom. The van der Waals surface area contributed by atoms with Crippen molar-refractivity contribution in [1.82, 2.24) is 4.90 Å². The number of likely N-dealkylation sites (tertiary alicyclic amines) is 1. The Kier molecular flexibility index (Phi) is 5.77. The maximum atomic E-state index is 11.9. The molecule has 1 unspecified atom stereocenters. The molecule has 1 amide bonds. The molecule has 0 spiro atoms. The van der Waals surface area contributed by atoms with Crippen LogP contribution in [0.4, 0.5) is 5.69 Å². The van der Waals surface area contributed by atoms with Crippen molar-refractivity contribution in [1.29, 1.82) is 5.26 Å². The van der Waals surface area contributed by atoms with Crippen LogP contribution in [0.25, 0.3) is 0 Å². The molecule has 0 aliphatic carbocycles. The second-order valence-corrected chi connectivity index (χ2v) is 5.72. The quantitative estimate of drug-likeness (QED) is 0.904. The molecule has 1 aliphatic rings. The van der Waals surface area contributed by atoms with Crippen LogP contribution in [-0.4, -0.2) is 29.9 Å². The average molecular weight is 285 g/mol. The Bertz CT molecular complexity index is 504. The zero-order chi connectivity index (χ0) is 15.1. The lowest BCUT2D eigenvalue weighted by atomic mass is 10.0. The third-order valence-corrected chi connectivity index (χ3v) is 4.09. The summed E-state index contributed by atoms with van der Waals surface area (Å²) in [5.74, 6) is 0.0457. The third-order valence-electron chi connectivity index (χ3n) is 4.09. The second-order valence-electron chi connectivity index (χ2n) is 5.72. The van der Waals surface area contributed by atoms with Gasteiger partial charge < -0.3 is 10.2 Å². The molecular formula is C17H23N3O. The highest BCUT2D eigenvalue weighted by Gasteiger charge is 2.17. The molecule has 1 aromatic carbocycles. The van der Waals surface area contributed by atoms with Crippen molar-refractivity contribution in [2.24, 2.45) is 0 Å². The molecule has 0 bridgehead atoms. The van der Waals surface area contributed by atoms with Gasteiger partial charge in [0.1, 0.15) is 0 Å². The van der Waals surface area contributed by atoms with E-state index in [0.717, 1.165) is 18.7 Å². The van der Waals surface area contributed by atoms with Gasteiger partial charge in [-0.25, -0.2) is 0 Å². The van der Waals surface area contributed by atoms with E-state index in [1.54, 1.807) is 24.3 Å². The number of hydrogen-bond donors (Lipinski definition) is 1. The van der Waals surface area contributed by atoms with E-state index in [1.807, 2.05) is 0 Å². The average Bonchev–Trinajstić information content (AvgIpc) is 2.50. The lowest BCUT2D eigenvalue weighted by molar-refractivity contribution is -0.116. The molecule has 1 heterocycles. The van der Waals surface area contributed by atoms with Crippen LogP contribution in [0.1, 0.15) is 44.6 Å². The largest absolute Gasteiger partial charge is 0.326 e. The molecule has 1 saturated heterocycles. The Morgan fingerprint density at radius 1 is 1.38 bits per heavy atom. The molecule has 2 rings (SSSR count). The maximum absolute atomic E-state index is 11.9. The molecule has 1 fully saturated rings. The van der Waals surface area contributed by atoms with Gasteiger partial charge in [-0.15, -0.1) is 0 Å². The maximum Gasteiger partial charge on any atom is 0.224 e. The van der Waals surface area contributed by atoms with E-state index >= 15 is 0 Å². The molecule has 0 saturated carbocycles. The minimum absolute atomic E-state index is 0.0457. The summed E-state index contributed by atoms with van der Waals surface area (Å²) in [6, 6.07) is 9.68. The minimum atomic E-state index is 0.0457. The van der Waals surface area contributed by atoms with Crippen molar-refractivity contribution in [3.8, 4) is 6.07 Å². The molecular weight excluding hydrogens is 262 g/mol. The number of amides is 1. The summed E-state index contributed by atoms with van der Waals surface area (Å²) >= 11 is 0. The predicted octanol–water partition coefficient (Wildman–Crippen LogP) is 3.15. The predicted molar refractivity (Wildman–Crippen MR) is 83.9 cm³/mol. The summed E-state index contributed by atoms with van der Waals surface area (Å²) in [7, 11) is 0. The van der Waals surface area contributed by atoms with Gasteiger partial charge >= 0.3 is 0 Å². The number of hydrogen-bond acceptors (Lipinski definition) is 3. The minimum Gasteiger partial charge on any atom is -0.326 e. The number of rotatable bonds is 5. The van der Waals surface area contributed by atoms with Crippen molar-refractivity contribution in [3.05, 3.63) is 29.8 Å². The number of nitrogens with one attached hydrogen (secondary N) is 1. The van der Waals surface area contributed by atoms with Gasteiger partial charge in [0.05, 0.1) is 11.6 Å². The zero-order valence-electron chi connectivity index (χ0n) is 12.6.